The summed E-state index contributed by atoms with van der Waals surface area (Å²) in [5.41, 5.74) is -8.35. The smallest absolute Gasteiger partial charge is 0.420 e. The van der Waals surface area contributed by atoms with E-state index in [0.717, 1.165) is 10.8 Å². The molecule has 0 aromatic carbocycles. The lowest BCUT2D eigenvalue weighted by molar-refractivity contribution is -0.318. The number of fused-ring (bicyclic) bond motifs is 1. The summed E-state index contributed by atoms with van der Waals surface area (Å²) in [5, 5.41) is 0. The zero-order valence-electron chi connectivity index (χ0n) is 80.9. The monoisotopic (exact) mass is 1820 g/mol. The summed E-state index contributed by atoms with van der Waals surface area (Å²) >= 11 is 0. The first-order valence-electron chi connectivity index (χ1n) is 45.1. The molecule has 8 saturated heterocycles. The fraction of sp³-hybridized carbons (Fsp3) is 0.857. The standard InChI is InChI=1S/C46H78N2O16S.C45H71N3O14/c1-17-33-45(11)38(48(42(52)64-45)19-18-20-65(16,53)54)27(4)35(50)25(2)22-43(9,55-14)39(63-41-37(60-31(8)49)32(47(12)13)21-26(3)58-41)28(5)36(29(6)40(51)61-33)62-34-23-44(10,56-15)46(24-57-46)30(7)59-34;1-16-33-42(9,62-41(52)48-18-17-46-24-48)20-25(2)35(50)26(3)21-43(10,53-14)38(61-40-37(58-31(8)49)32(47(12)13)19-27(4)56-40)28(5)36(29(6)39(51)59-33)60-34-22-44(11,54-15)45(23-55-45)30(7)57-34/h25-30,32-34,36-39,41H,17-24H2,1-16H3;17-18,20,24,26-30,32-34,36-38,40H,16,19,21-23H2,1-15H3/b;25-20+/t25-,26-,27+,28+,29-,30+,32+,33-,34+,36+,37-,38-,39-,41+,43+,44-,45-,46-;26-,27-,28+,29-,30+,32+,33-,34+,36+,37-,38-,40+,42+,43+,44-,45-/m11/s1. The minimum Gasteiger partial charge on any atom is -0.458 e. The number of nitrogens with zero attached hydrogens (tertiary/aromatic N) is 5. The Morgan fingerprint density at radius 3 is 1.39 bits per heavy atom. The van der Waals surface area contributed by atoms with E-state index >= 15 is 0 Å². The second-order valence-corrected chi connectivity index (χ2v) is 41.2. The number of ketones is 2. The molecular weight excluding hydrogens is 1680 g/mol. The Morgan fingerprint density at radius 2 is 1.02 bits per heavy atom. The van der Waals surface area contributed by atoms with Gasteiger partial charge in [-0.15, -0.1) is 0 Å². The molecule has 9 aliphatic heterocycles. The van der Waals surface area contributed by atoms with Crippen LogP contribution in [0.15, 0.2) is 30.4 Å². The molecule has 0 unspecified atom stereocenters. The summed E-state index contributed by atoms with van der Waals surface area (Å²) < 4.78 is 154. The SMILES string of the molecule is CC[C@H]1OC(=O)[C@H](C)[C@@H](O[C@H]2C[C@@](C)(OC)[C@@]3(CO3)[C@H](C)O2)[C@H](C)[C@@H](O[C@@H]2O[C@H](C)C[C@H](N(C)C)[C@H]2OC(C)=O)[C@@](C)(OC)C[C@@H](C)C(=O)/C(C)=C/[C@]1(C)OC(=O)n1ccnc1.CC[C@H]1OC(=O)[C@H](C)[C@@H](O[C@H]2C[C@@](C)(OC)[C@@]3(CO3)[C@H](C)O2)[C@H](C)[C@@H](O[C@@H]2O[C@H](C)C[C@H](N(C)C)[C@H]2OC(C)=O)[C@@](C)(OC)C[C@@H](C)C(=O)[C@H](C)[C@H]2N(CCCS(C)(=O)=O)C(=O)O[C@]12C. The molecule has 8 fully saturated rings. The Kier molecular flexibility index (Phi) is 34.2. The summed E-state index contributed by atoms with van der Waals surface area (Å²) in [6.07, 6.45) is -5.59. The largest absolute Gasteiger partial charge is 0.458 e. The molecule has 10 rings (SSSR count). The topological polar surface area (TPSA) is 389 Å². The van der Waals surface area contributed by atoms with Crippen molar-refractivity contribution in [3.8, 4) is 0 Å². The number of amides is 1. The number of imidazole rings is 1. The zero-order chi connectivity index (χ0) is 94.9. The number of hydrogen-bond donors (Lipinski definition) is 0. The maximum atomic E-state index is 15.0. The average Bonchev–Trinajstić information content (AvgIpc) is 1.56. The van der Waals surface area contributed by atoms with Gasteiger partial charge in [0.05, 0.1) is 109 Å². The number of carbonyl (C=O) groups is 8. The Labute approximate surface area is 751 Å². The van der Waals surface area contributed by atoms with E-state index in [-0.39, 0.29) is 93.1 Å². The highest BCUT2D eigenvalue weighted by Gasteiger charge is 2.70. The first-order valence-corrected chi connectivity index (χ1v) is 47.1. The molecule has 34 atom stereocenters. The molecular formula is C91H149N5O30S. The van der Waals surface area contributed by atoms with Gasteiger partial charge >= 0.3 is 36.1 Å². The van der Waals surface area contributed by atoms with E-state index in [1.54, 1.807) is 96.6 Å². The Morgan fingerprint density at radius 1 is 0.583 bits per heavy atom. The van der Waals surface area contributed by atoms with Crippen molar-refractivity contribution in [2.75, 3.05) is 88.4 Å². The molecule has 36 heteroatoms. The van der Waals surface area contributed by atoms with Crippen LogP contribution in [0.5, 0.6) is 0 Å². The van der Waals surface area contributed by atoms with E-state index in [2.05, 4.69) is 4.98 Å². The number of aromatic nitrogens is 2. The molecule has 1 aromatic heterocycles. The number of methoxy groups -OCH3 is 4. The molecule has 0 radical (unpaired) electrons. The van der Waals surface area contributed by atoms with E-state index in [1.165, 1.54) is 44.6 Å². The van der Waals surface area contributed by atoms with E-state index in [1.807, 2.05) is 107 Å². The number of rotatable bonds is 23. The van der Waals surface area contributed by atoms with Gasteiger partial charge in [0.1, 0.15) is 56.6 Å². The molecule has 0 saturated carbocycles. The number of carbonyl (C=O) groups excluding carboxylic acids is 8. The molecule has 1 amide bonds. The first kappa shape index (κ1) is 105. The third kappa shape index (κ3) is 22.5. The average molecular weight is 1830 g/mol. The molecule has 10 heterocycles. The van der Waals surface area contributed by atoms with E-state index in [4.69, 9.17) is 94.7 Å². The quantitative estimate of drug-likeness (QED) is 0.0558. The van der Waals surface area contributed by atoms with Crippen LogP contribution in [0.3, 0.4) is 0 Å². The van der Waals surface area contributed by atoms with Crippen molar-refractivity contribution in [2.45, 2.75) is 371 Å². The van der Waals surface area contributed by atoms with Gasteiger partial charge in [-0.3, -0.25) is 28.8 Å². The fourth-order valence-corrected chi connectivity index (χ4v) is 21.9. The van der Waals surface area contributed by atoms with Gasteiger partial charge in [0.25, 0.3) is 0 Å². The summed E-state index contributed by atoms with van der Waals surface area (Å²) in [6.45, 7) is 39.8. The van der Waals surface area contributed by atoms with E-state index in [9.17, 15) is 46.8 Å². The predicted molar refractivity (Wildman–Crippen MR) is 460 cm³/mol. The number of hydrogen-bond acceptors (Lipinski definition) is 33. The molecule has 9 aliphatic rings. The Balaban J connectivity index is 0.000000287. The highest BCUT2D eigenvalue weighted by atomic mass is 32.2. The van der Waals surface area contributed by atoms with Gasteiger partial charge in [-0.05, 0) is 175 Å². The van der Waals surface area contributed by atoms with Gasteiger partial charge in [0.2, 0.25) is 0 Å². The number of sulfone groups is 1. The van der Waals surface area contributed by atoms with Crippen molar-refractivity contribution in [1.29, 1.82) is 0 Å². The number of likely N-dealkylation sites (N-methyl/N-ethyl adjacent to an activating group) is 2. The van der Waals surface area contributed by atoms with Crippen molar-refractivity contribution >= 4 is 57.5 Å². The van der Waals surface area contributed by atoms with Crippen LogP contribution in [0, 0.1) is 41.4 Å². The third-order valence-corrected chi connectivity index (χ3v) is 30.0. The summed E-state index contributed by atoms with van der Waals surface area (Å²) in [5.74, 6) is -8.80. The van der Waals surface area contributed by atoms with Crippen molar-refractivity contribution < 1.29 is 142 Å². The number of epoxide rings is 2. The predicted octanol–water partition coefficient (Wildman–Crippen LogP) is 9.58. The Bertz CT molecular complexity index is 4110. The third-order valence-electron chi connectivity index (χ3n) is 29.0. The second-order valence-electron chi connectivity index (χ2n) is 39.0. The van der Waals surface area contributed by atoms with Gasteiger partial charge in [0.15, 0.2) is 54.4 Å². The maximum absolute atomic E-state index is 15.0. The summed E-state index contributed by atoms with van der Waals surface area (Å²) in [4.78, 5) is 121. The summed E-state index contributed by atoms with van der Waals surface area (Å²) in [6, 6.07) is -1.51. The van der Waals surface area contributed by atoms with Crippen LogP contribution in [0.2, 0.25) is 0 Å². The molecule has 724 valence electrons. The molecule has 1 aromatic rings. The number of Topliss-reactive ketones (excluding diaryl/α,β-unsaturated/α-hetero) is 2. The highest BCUT2D eigenvalue weighted by Crippen LogP contribution is 2.55. The lowest BCUT2D eigenvalue weighted by Crippen LogP contribution is -2.62. The lowest BCUT2D eigenvalue weighted by Gasteiger charge is -2.50. The van der Waals surface area contributed by atoms with Crippen LogP contribution >= 0.6 is 0 Å². The van der Waals surface area contributed by atoms with E-state index in [0.29, 0.717) is 31.6 Å². The van der Waals surface area contributed by atoms with Crippen molar-refractivity contribution in [2.24, 2.45) is 41.4 Å². The maximum Gasteiger partial charge on any atom is 0.420 e. The molecule has 0 bridgehead atoms. The van der Waals surface area contributed by atoms with Gasteiger partial charge in [-0.2, -0.15) is 0 Å². The van der Waals surface area contributed by atoms with Crippen molar-refractivity contribution in [1.82, 2.24) is 24.3 Å². The first-order chi connectivity index (χ1) is 59.1. The number of allylic oxidation sites excluding steroid dienone is 1. The molecule has 2 spiro atoms. The molecule has 127 heavy (non-hydrogen) atoms. The number of esters is 4. The van der Waals surface area contributed by atoms with E-state index < -0.39 is 224 Å². The Hall–Kier alpha value is -5.78. The second kappa shape index (κ2) is 41.4. The molecule has 35 nitrogen and oxygen atoms in total. The summed E-state index contributed by atoms with van der Waals surface area (Å²) in [7, 11) is 10.5. The highest BCUT2D eigenvalue weighted by molar-refractivity contribution is 7.90. The minimum absolute atomic E-state index is 0.0120. The van der Waals surface area contributed by atoms with Gasteiger partial charge in [0, 0.05) is 110 Å². The van der Waals surface area contributed by atoms with Crippen molar-refractivity contribution in [3.63, 3.8) is 0 Å². The van der Waals surface area contributed by atoms with Crippen LogP contribution in [-0.2, 0) is 133 Å². The van der Waals surface area contributed by atoms with Gasteiger partial charge in [-0.1, -0.05) is 48.5 Å². The van der Waals surface area contributed by atoms with Crippen LogP contribution < -0.4 is 0 Å². The van der Waals surface area contributed by atoms with Crippen LogP contribution in [0.25, 0.3) is 0 Å². The van der Waals surface area contributed by atoms with Gasteiger partial charge < -0.3 is 109 Å². The van der Waals surface area contributed by atoms with Gasteiger partial charge in [-0.25, -0.2) is 27.6 Å². The number of ether oxygens (including phenoxy) is 20. The van der Waals surface area contributed by atoms with Crippen LogP contribution in [0.4, 0.5) is 9.59 Å². The number of cyclic esters (lactones) is 2. The van der Waals surface area contributed by atoms with Crippen molar-refractivity contribution in [3.05, 3.63) is 30.4 Å². The minimum atomic E-state index is -3.38. The van der Waals surface area contributed by atoms with Crippen LogP contribution in [-0.4, -0.2) is 330 Å². The molecule has 0 N–H and O–H groups in total. The lowest BCUT2D eigenvalue weighted by atomic mass is 9.73. The fourth-order valence-electron chi connectivity index (χ4n) is 21.2. The molecule has 0 aliphatic carbocycles. The van der Waals surface area contributed by atoms with Crippen LogP contribution in [0.1, 0.15) is 210 Å². The normalized spacial score (nSPS) is 43.7. The zero-order valence-corrected chi connectivity index (χ0v) is 81.7.